The maximum absolute atomic E-state index is 12.7. The molecule has 0 aliphatic carbocycles. The van der Waals surface area contributed by atoms with Gasteiger partial charge in [-0.25, -0.2) is 0 Å². The van der Waals surface area contributed by atoms with E-state index in [0.29, 0.717) is 24.8 Å². The van der Waals surface area contributed by atoms with E-state index in [9.17, 15) is 4.79 Å². The van der Waals surface area contributed by atoms with Gasteiger partial charge in [0.25, 0.3) is 0 Å². The van der Waals surface area contributed by atoms with Crippen LogP contribution in [0.5, 0.6) is 11.5 Å². The van der Waals surface area contributed by atoms with Crippen LogP contribution in [0.3, 0.4) is 0 Å². The number of aromatic nitrogens is 2. The zero-order valence-corrected chi connectivity index (χ0v) is 17.3. The first kappa shape index (κ1) is 19.2. The lowest BCUT2D eigenvalue weighted by molar-refractivity contribution is -0.133. The number of hydrogen-bond acceptors (Lipinski definition) is 5. The number of fused-ring (bicyclic) bond motifs is 2. The maximum Gasteiger partial charge on any atom is 0.231 e. The third kappa shape index (κ3) is 3.82. The fourth-order valence-electron chi connectivity index (χ4n) is 4.06. The molecule has 2 aliphatic rings. The third-order valence-electron chi connectivity index (χ3n) is 5.74. The van der Waals surface area contributed by atoms with Crippen LogP contribution in [0.25, 0.3) is 10.9 Å². The minimum Gasteiger partial charge on any atom is -0.454 e. The third-order valence-corrected chi connectivity index (χ3v) is 6.07. The van der Waals surface area contributed by atoms with Crippen molar-refractivity contribution < 1.29 is 14.3 Å². The summed E-state index contributed by atoms with van der Waals surface area (Å²) in [5.74, 6) is 1.79. The Morgan fingerprint density at radius 1 is 1.07 bits per heavy atom. The molecule has 2 aliphatic heterocycles. The number of carbonyl (C=O) groups is 1. The van der Waals surface area contributed by atoms with E-state index < -0.39 is 0 Å². The van der Waals surface area contributed by atoms with Crippen molar-refractivity contribution in [2.45, 2.75) is 19.5 Å². The van der Waals surface area contributed by atoms with E-state index in [-0.39, 0.29) is 5.91 Å². The highest BCUT2D eigenvalue weighted by Crippen LogP contribution is 2.32. The quantitative estimate of drug-likeness (QED) is 0.627. The lowest BCUT2D eigenvalue weighted by Crippen LogP contribution is -2.48. The molecule has 1 aromatic heterocycles. The van der Waals surface area contributed by atoms with Crippen molar-refractivity contribution in [3.05, 3.63) is 53.2 Å². The van der Waals surface area contributed by atoms with Crippen molar-refractivity contribution in [2.24, 2.45) is 0 Å². The minimum atomic E-state index is 0.170. The van der Waals surface area contributed by atoms with Crippen LogP contribution in [0.1, 0.15) is 12.0 Å². The number of halogens is 1. The van der Waals surface area contributed by atoms with Crippen molar-refractivity contribution in [3.63, 3.8) is 0 Å². The SMILES string of the molecule is O=C(CCn1ncc2c(Cl)cccc21)N1CCN(Cc2ccc3c(c2)OCO3)CC1. The van der Waals surface area contributed by atoms with Gasteiger partial charge in [0.2, 0.25) is 12.7 Å². The van der Waals surface area contributed by atoms with Gasteiger partial charge in [-0.1, -0.05) is 23.7 Å². The second-order valence-electron chi connectivity index (χ2n) is 7.63. The molecule has 3 aromatic rings. The van der Waals surface area contributed by atoms with E-state index >= 15 is 0 Å². The number of piperazine rings is 1. The topological polar surface area (TPSA) is 59.8 Å². The highest BCUT2D eigenvalue weighted by Gasteiger charge is 2.22. The van der Waals surface area contributed by atoms with E-state index in [2.05, 4.69) is 16.1 Å². The Hall–Kier alpha value is -2.77. The van der Waals surface area contributed by atoms with Crippen LogP contribution >= 0.6 is 11.6 Å². The molecule has 7 nitrogen and oxygen atoms in total. The average molecular weight is 427 g/mol. The summed E-state index contributed by atoms with van der Waals surface area (Å²) in [5, 5.41) is 6.00. The summed E-state index contributed by atoms with van der Waals surface area (Å²) in [7, 11) is 0. The summed E-state index contributed by atoms with van der Waals surface area (Å²) < 4.78 is 12.7. The van der Waals surface area contributed by atoms with E-state index in [0.717, 1.165) is 55.1 Å². The number of amides is 1. The summed E-state index contributed by atoms with van der Waals surface area (Å²) >= 11 is 6.21. The first-order valence-electron chi connectivity index (χ1n) is 10.2. The van der Waals surface area contributed by atoms with Crippen molar-refractivity contribution >= 4 is 28.4 Å². The molecule has 1 fully saturated rings. The molecular formula is C22H23ClN4O3. The molecule has 1 saturated heterocycles. The number of rotatable bonds is 5. The van der Waals surface area contributed by atoms with Crippen molar-refractivity contribution in [1.29, 1.82) is 0 Å². The summed E-state index contributed by atoms with van der Waals surface area (Å²) in [6, 6.07) is 11.8. The summed E-state index contributed by atoms with van der Waals surface area (Å²) in [6.45, 7) is 4.91. The van der Waals surface area contributed by atoms with Crippen molar-refractivity contribution in [1.82, 2.24) is 19.6 Å². The highest BCUT2D eigenvalue weighted by atomic mass is 35.5. The van der Waals surface area contributed by atoms with Gasteiger partial charge in [0, 0.05) is 44.5 Å². The first-order chi connectivity index (χ1) is 14.7. The number of ether oxygens (including phenoxy) is 2. The number of aryl methyl sites for hydroxylation is 1. The van der Waals surface area contributed by atoms with Gasteiger partial charge in [-0.05, 0) is 29.8 Å². The first-order valence-corrected chi connectivity index (χ1v) is 10.5. The summed E-state index contributed by atoms with van der Waals surface area (Å²) in [4.78, 5) is 17.0. The normalized spacial score (nSPS) is 16.4. The molecule has 3 heterocycles. The molecule has 2 aromatic carbocycles. The zero-order chi connectivity index (χ0) is 20.5. The van der Waals surface area contributed by atoms with E-state index in [4.69, 9.17) is 21.1 Å². The Labute approximate surface area is 179 Å². The molecular weight excluding hydrogens is 404 g/mol. The van der Waals surface area contributed by atoms with Gasteiger partial charge in [0.1, 0.15) is 0 Å². The zero-order valence-electron chi connectivity index (χ0n) is 16.6. The highest BCUT2D eigenvalue weighted by molar-refractivity contribution is 6.35. The van der Waals surface area contributed by atoms with Crippen LogP contribution in [-0.4, -0.2) is 58.5 Å². The van der Waals surface area contributed by atoms with Gasteiger partial charge in [-0.15, -0.1) is 0 Å². The predicted octanol–water partition coefficient (Wildman–Crippen LogP) is 3.15. The van der Waals surface area contributed by atoms with Crippen molar-refractivity contribution in [2.75, 3.05) is 33.0 Å². The average Bonchev–Trinajstić information content (AvgIpc) is 3.40. The predicted molar refractivity (Wildman–Crippen MR) is 114 cm³/mol. The Morgan fingerprint density at radius 2 is 1.90 bits per heavy atom. The van der Waals surface area contributed by atoms with Crippen LogP contribution < -0.4 is 9.47 Å². The van der Waals surface area contributed by atoms with E-state index in [1.807, 2.05) is 39.9 Å². The maximum atomic E-state index is 12.7. The number of carbonyl (C=O) groups excluding carboxylic acids is 1. The van der Waals surface area contributed by atoms with Gasteiger partial charge in [-0.2, -0.15) is 5.10 Å². The molecule has 0 bridgehead atoms. The summed E-state index contributed by atoms with van der Waals surface area (Å²) in [6.07, 6.45) is 2.20. The van der Waals surface area contributed by atoms with Gasteiger partial charge in [0.15, 0.2) is 11.5 Å². The number of benzene rings is 2. The fourth-order valence-corrected chi connectivity index (χ4v) is 4.28. The van der Waals surface area contributed by atoms with Gasteiger partial charge in [0.05, 0.1) is 23.3 Å². The Balaban J connectivity index is 1.13. The molecule has 1 amide bonds. The van der Waals surface area contributed by atoms with Crippen molar-refractivity contribution in [3.8, 4) is 11.5 Å². The Morgan fingerprint density at radius 3 is 2.77 bits per heavy atom. The van der Waals surface area contributed by atoms with Crippen LogP contribution in [0.2, 0.25) is 5.02 Å². The Bertz CT molecular complexity index is 1080. The fraction of sp³-hybridized carbons (Fsp3) is 0.364. The van der Waals surface area contributed by atoms with Crippen LogP contribution in [0.15, 0.2) is 42.6 Å². The molecule has 0 spiro atoms. The van der Waals surface area contributed by atoms with Crippen LogP contribution in [0, 0.1) is 0 Å². The van der Waals surface area contributed by atoms with Gasteiger partial charge >= 0.3 is 0 Å². The van der Waals surface area contributed by atoms with Crippen LogP contribution in [0.4, 0.5) is 0 Å². The van der Waals surface area contributed by atoms with E-state index in [1.165, 1.54) is 5.56 Å². The van der Waals surface area contributed by atoms with E-state index in [1.54, 1.807) is 6.20 Å². The lowest BCUT2D eigenvalue weighted by atomic mass is 10.1. The molecule has 0 atom stereocenters. The second-order valence-corrected chi connectivity index (χ2v) is 8.04. The van der Waals surface area contributed by atoms with Crippen LogP contribution in [-0.2, 0) is 17.9 Å². The van der Waals surface area contributed by atoms with Gasteiger partial charge < -0.3 is 14.4 Å². The molecule has 0 radical (unpaired) electrons. The molecule has 0 unspecified atom stereocenters. The minimum absolute atomic E-state index is 0.170. The largest absolute Gasteiger partial charge is 0.454 e. The van der Waals surface area contributed by atoms with Gasteiger partial charge in [-0.3, -0.25) is 14.4 Å². The molecule has 0 saturated carbocycles. The monoisotopic (exact) mass is 426 g/mol. The molecule has 30 heavy (non-hydrogen) atoms. The second kappa shape index (κ2) is 8.16. The molecule has 156 valence electrons. The summed E-state index contributed by atoms with van der Waals surface area (Å²) in [5.41, 5.74) is 2.16. The number of hydrogen-bond donors (Lipinski definition) is 0. The molecule has 8 heteroatoms. The smallest absolute Gasteiger partial charge is 0.231 e. The lowest BCUT2D eigenvalue weighted by Gasteiger charge is -2.34. The molecule has 5 rings (SSSR count). The Kier molecular flexibility index (Phi) is 5.23. The number of nitrogens with zero attached hydrogens (tertiary/aromatic N) is 4. The standard InChI is InChI=1S/C22H23ClN4O3/c23-18-2-1-3-19-17(18)13-24-27(19)7-6-22(28)26-10-8-25(9-11-26)14-16-4-5-20-21(12-16)30-15-29-20/h1-5,12-13H,6-11,14-15H2. The molecule has 0 N–H and O–H groups in total.